The molecule has 1 rings (SSSR count). The maximum absolute atomic E-state index is 11.5. The van der Waals surface area contributed by atoms with E-state index in [9.17, 15) is 14.4 Å². The normalized spacial score (nSPS) is 16.6. The second kappa shape index (κ2) is 5.48. The summed E-state index contributed by atoms with van der Waals surface area (Å²) in [7, 11) is 1.59. The van der Waals surface area contributed by atoms with Crippen LogP contribution >= 0.6 is 0 Å². The second-order valence-corrected chi connectivity index (χ2v) is 3.57. The highest BCUT2D eigenvalue weighted by atomic mass is 16.5. The van der Waals surface area contributed by atoms with E-state index in [0.29, 0.717) is 19.7 Å². The molecule has 16 heavy (non-hydrogen) atoms. The standard InChI is InChI=1S/C10H16N2O4/c1-3-16-8(13)4-5-12-7-6-11(2)9(14)10(12)15/h3-7H2,1-2H3. The Labute approximate surface area is 94.1 Å². The first-order valence-electron chi connectivity index (χ1n) is 5.26. The van der Waals surface area contributed by atoms with Crippen molar-refractivity contribution < 1.29 is 19.1 Å². The van der Waals surface area contributed by atoms with Crippen molar-refractivity contribution in [2.75, 3.05) is 33.3 Å². The molecule has 0 unspecified atom stereocenters. The van der Waals surface area contributed by atoms with Gasteiger partial charge in [-0.1, -0.05) is 0 Å². The zero-order chi connectivity index (χ0) is 12.1. The Bertz CT molecular complexity index is 303. The molecule has 0 aliphatic carbocycles. The third kappa shape index (κ3) is 2.95. The lowest BCUT2D eigenvalue weighted by Gasteiger charge is -2.31. The molecule has 6 heteroatoms. The fourth-order valence-corrected chi connectivity index (χ4v) is 1.45. The van der Waals surface area contributed by atoms with Crippen LogP contribution in [-0.4, -0.2) is 60.9 Å². The number of hydrogen-bond donors (Lipinski definition) is 0. The van der Waals surface area contributed by atoms with E-state index in [1.54, 1.807) is 14.0 Å². The van der Waals surface area contributed by atoms with Crippen LogP contribution in [0.1, 0.15) is 13.3 Å². The molecule has 0 saturated carbocycles. The number of hydrogen-bond acceptors (Lipinski definition) is 4. The van der Waals surface area contributed by atoms with Crippen LogP contribution in [0, 0.1) is 0 Å². The zero-order valence-corrected chi connectivity index (χ0v) is 9.56. The van der Waals surface area contributed by atoms with Crippen LogP contribution in [0.5, 0.6) is 0 Å². The molecule has 2 amide bonds. The summed E-state index contributed by atoms with van der Waals surface area (Å²) in [5.74, 6) is -1.41. The van der Waals surface area contributed by atoms with Gasteiger partial charge in [0.15, 0.2) is 0 Å². The third-order valence-corrected chi connectivity index (χ3v) is 2.41. The topological polar surface area (TPSA) is 66.9 Å². The fraction of sp³-hybridized carbons (Fsp3) is 0.700. The third-order valence-electron chi connectivity index (χ3n) is 2.41. The van der Waals surface area contributed by atoms with Crippen molar-refractivity contribution in [3.05, 3.63) is 0 Å². The molecule has 0 atom stereocenters. The van der Waals surface area contributed by atoms with Gasteiger partial charge >= 0.3 is 17.8 Å². The van der Waals surface area contributed by atoms with Gasteiger partial charge in [0, 0.05) is 26.7 Å². The minimum atomic E-state index is -0.543. The first-order valence-corrected chi connectivity index (χ1v) is 5.26. The fourth-order valence-electron chi connectivity index (χ4n) is 1.45. The average molecular weight is 228 g/mol. The highest BCUT2D eigenvalue weighted by Gasteiger charge is 2.30. The van der Waals surface area contributed by atoms with Crippen molar-refractivity contribution in [1.29, 1.82) is 0 Å². The molecular formula is C10H16N2O4. The quantitative estimate of drug-likeness (QED) is 0.468. The molecule has 0 radical (unpaired) electrons. The maximum Gasteiger partial charge on any atom is 0.312 e. The Morgan fingerprint density at radius 3 is 2.62 bits per heavy atom. The van der Waals surface area contributed by atoms with Gasteiger partial charge in [-0.3, -0.25) is 14.4 Å². The molecular weight excluding hydrogens is 212 g/mol. The van der Waals surface area contributed by atoms with Crippen molar-refractivity contribution in [3.63, 3.8) is 0 Å². The highest BCUT2D eigenvalue weighted by molar-refractivity contribution is 6.35. The Morgan fingerprint density at radius 1 is 1.31 bits per heavy atom. The van der Waals surface area contributed by atoms with Gasteiger partial charge in [0.05, 0.1) is 13.0 Å². The number of carbonyl (C=O) groups excluding carboxylic acids is 3. The Morgan fingerprint density at radius 2 is 2.00 bits per heavy atom. The summed E-state index contributed by atoms with van der Waals surface area (Å²) >= 11 is 0. The minimum absolute atomic E-state index is 0.135. The second-order valence-electron chi connectivity index (χ2n) is 3.57. The molecule has 0 aromatic carbocycles. The predicted molar refractivity (Wildman–Crippen MR) is 55.5 cm³/mol. The zero-order valence-electron chi connectivity index (χ0n) is 9.56. The number of piperazine rings is 1. The van der Waals surface area contributed by atoms with Crippen LogP contribution < -0.4 is 0 Å². The van der Waals surface area contributed by atoms with Gasteiger partial charge in [0.1, 0.15) is 0 Å². The Balaban J connectivity index is 2.41. The molecule has 1 heterocycles. The maximum atomic E-state index is 11.5. The molecule has 90 valence electrons. The van der Waals surface area contributed by atoms with E-state index < -0.39 is 11.8 Å². The first-order chi connectivity index (χ1) is 7.56. The first kappa shape index (κ1) is 12.5. The molecule has 0 aromatic rings. The number of ether oxygens (including phenoxy) is 1. The van der Waals surface area contributed by atoms with E-state index >= 15 is 0 Å². The lowest BCUT2D eigenvalue weighted by atomic mass is 10.3. The van der Waals surface area contributed by atoms with E-state index in [4.69, 9.17) is 4.74 Å². The summed E-state index contributed by atoms with van der Waals surface area (Å²) in [5, 5.41) is 0. The summed E-state index contributed by atoms with van der Waals surface area (Å²) in [6.07, 6.45) is 0.135. The molecule has 1 aliphatic heterocycles. The number of amides is 2. The van der Waals surface area contributed by atoms with Crippen molar-refractivity contribution in [1.82, 2.24) is 9.80 Å². The van der Waals surface area contributed by atoms with Crippen LogP contribution in [0.2, 0.25) is 0 Å². The lowest BCUT2D eigenvalue weighted by Crippen LogP contribution is -2.53. The molecule has 1 fully saturated rings. The molecule has 1 saturated heterocycles. The highest BCUT2D eigenvalue weighted by Crippen LogP contribution is 2.04. The smallest absolute Gasteiger partial charge is 0.312 e. The van der Waals surface area contributed by atoms with Gasteiger partial charge in [-0.2, -0.15) is 0 Å². The van der Waals surface area contributed by atoms with Crippen molar-refractivity contribution in [2.45, 2.75) is 13.3 Å². The summed E-state index contributed by atoms with van der Waals surface area (Å²) in [4.78, 5) is 36.7. The van der Waals surface area contributed by atoms with E-state index in [0.717, 1.165) is 0 Å². The number of likely N-dealkylation sites (N-methyl/N-ethyl adjacent to an activating group) is 1. The van der Waals surface area contributed by atoms with Crippen LogP contribution in [0.15, 0.2) is 0 Å². The Kier molecular flexibility index (Phi) is 4.28. The van der Waals surface area contributed by atoms with Crippen LogP contribution in [0.4, 0.5) is 0 Å². The number of carbonyl (C=O) groups is 3. The largest absolute Gasteiger partial charge is 0.466 e. The van der Waals surface area contributed by atoms with Crippen molar-refractivity contribution in [2.24, 2.45) is 0 Å². The van der Waals surface area contributed by atoms with Gasteiger partial charge in [-0.15, -0.1) is 0 Å². The van der Waals surface area contributed by atoms with Gasteiger partial charge < -0.3 is 14.5 Å². The monoisotopic (exact) mass is 228 g/mol. The number of nitrogens with zero attached hydrogens (tertiary/aromatic N) is 2. The molecule has 0 bridgehead atoms. The average Bonchev–Trinajstić information content (AvgIpc) is 2.25. The Hall–Kier alpha value is -1.59. The van der Waals surface area contributed by atoms with Gasteiger partial charge in [-0.05, 0) is 6.92 Å². The van der Waals surface area contributed by atoms with Crippen LogP contribution in [0.25, 0.3) is 0 Å². The van der Waals surface area contributed by atoms with E-state index in [1.807, 2.05) is 0 Å². The predicted octanol–water partition coefficient (Wildman–Crippen LogP) is -0.760. The van der Waals surface area contributed by atoms with Gasteiger partial charge in [0.2, 0.25) is 0 Å². The summed E-state index contributed by atoms with van der Waals surface area (Å²) in [6.45, 7) is 3.28. The van der Waals surface area contributed by atoms with E-state index in [-0.39, 0.29) is 18.9 Å². The number of esters is 1. The summed E-state index contributed by atoms with van der Waals surface area (Å²) < 4.78 is 4.74. The van der Waals surface area contributed by atoms with Crippen LogP contribution in [-0.2, 0) is 19.1 Å². The van der Waals surface area contributed by atoms with E-state index in [1.165, 1.54) is 9.80 Å². The molecule has 0 spiro atoms. The van der Waals surface area contributed by atoms with Gasteiger partial charge in [-0.25, -0.2) is 0 Å². The van der Waals surface area contributed by atoms with Crippen molar-refractivity contribution >= 4 is 17.8 Å². The van der Waals surface area contributed by atoms with E-state index in [2.05, 4.69) is 0 Å². The molecule has 0 N–H and O–H groups in total. The van der Waals surface area contributed by atoms with Gasteiger partial charge in [0.25, 0.3) is 0 Å². The summed E-state index contributed by atoms with van der Waals surface area (Å²) in [5.41, 5.74) is 0. The molecule has 1 aliphatic rings. The number of rotatable bonds is 4. The lowest BCUT2D eigenvalue weighted by molar-refractivity contribution is -0.155. The minimum Gasteiger partial charge on any atom is -0.466 e. The van der Waals surface area contributed by atoms with Crippen molar-refractivity contribution in [3.8, 4) is 0 Å². The molecule has 0 aromatic heterocycles. The summed E-state index contributed by atoms with van der Waals surface area (Å²) in [6, 6.07) is 0. The van der Waals surface area contributed by atoms with Crippen LogP contribution in [0.3, 0.4) is 0 Å². The molecule has 6 nitrogen and oxygen atoms in total. The SMILES string of the molecule is CCOC(=O)CCN1CCN(C)C(=O)C1=O.